The lowest BCUT2D eigenvalue weighted by molar-refractivity contribution is -0.118. The topological polar surface area (TPSA) is 68.0 Å². The fourth-order valence-electron chi connectivity index (χ4n) is 0.819. The van der Waals surface area contributed by atoms with Crippen molar-refractivity contribution in [3.63, 3.8) is 0 Å². The zero-order chi connectivity index (χ0) is 10.4. The molecule has 0 spiro atoms. The molecule has 14 heavy (non-hydrogen) atoms. The quantitative estimate of drug-likeness (QED) is 0.618. The van der Waals surface area contributed by atoms with Gasteiger partial charge in [0.1, 0.15) is 5.69 Å². The van der Waals surface area contributed by atoms with Crippen molar-refractivity contribution in [3.8, 4) is 11.8 Å². The van der Waals surface area contributed by atoms with Gasteiger partial charge in [0.15, 0.2) is 0 Å². The van der Waals surface area contributed by atoms with Crippen molar-refractivity contribution in [1.29, 1.82) is 0 Å². The minimum atomic E-state index is -0.0974. The molecule has 0 aliphatic carbocycles. The summed E-state index contributed by atoms with van der Waals surface area (Å²) in [6, 6.07) is 3.37. The number of nitrogens with two attached hydrogens (primary N) is 1. The molecule has 1 amide bonds. The summed E-state index contributed by atoms with van der Waals surface area (Å²) < 4.78 is 0. The number of nitrogen functional groups attached to an aromatic ring is 1. The highest BCUT2D eigenvalue weighted by molar-refractivity contribution is 5.73. The second-order valence-corrected chi connectivity index (χ2v) is 2.69. The van der Waals surface area contributed by atoms with Crippen LogP contribution in [-0.2, 0) is 4.79 Å². The number of amides is 1. The first kappa shape index (κ1) is 10.1. The minimum Gasteiger partial charge on any atom is -0.399 e. The van der Waals surface area contributed by atoms with E-state index < -0.39 is 0 Å². The molecule has 1 heterocycles. The second kappa shape index (κ2) is 4.87. The lowest BCUT2D eigenvalue weighted by Crippen LogP contribution is -2.19. The number of anilines is 1. The summed E-state index contributed by atoms with van der Waals surface area (Å²) in [4.78, 5) is 14.5. The van der Waals surface area contributed by atoms with E-state index in [1.807, 2.05) is 0 Å². The molecule has 0 aromatic carbocycles. The Balaban J connectivity index is 2.55. The summed E-state index contributed by atoms with van der Waals surface area (Å²) in [5.41, 5.74) is 6.77. The highest BCUT2D eigenvalue weighted by atomic mass is 16.1. The van der Waals surface area contributed by atoms with Crippen molar-refractivity contribution in [2.24, 2.45) is 0 Å². The van der Waals surface area contributed by atoms with Crippen LogP contribution >= 0.6 is 0 Å². The Morgan fingerprint density at radius 1 is 1.71 bits per heavy atom. The molecule has 0 saturated carbocycles. The van der Waals surface area contributed by atoms with Crippen LogP contribution in [0.3, 0.4) is 0 Å². The maximum Gasteiger partial charge on any atom is 0.217 e. The molecule has 4 nitrogen and oxygen atoms in total. The van der Waals surface area contributed by atoms with Gasteiger partial charge in [0.05, 0.1) is 6.54 Å². The lowest BCUT2D eigenvalue weighted by atomic mass is 10.3. The van der Waals surface area contributed by atoms with Gasteiger partial charge in [-0.3, -0.25) is 4.79 Å². The Morgan fingerprint density at radius 2 is 2.50 bits per heavy atom. The Hall–Kier alpha value is -2.02. The maximum absolute atomic E-state index is 10.5. The number of pyridine rings is 1. The zero-order valence-electron chi connectivity index (χ0n) is 7.87. The van der Waals surface area contributed by atoms with Crippen molar-refractivity contribution < 1.29 is 4.79 Å². The molecule has 0 bridgehead atoms. The highest BCUT2D eigenvalue weighted by Gasteiger charge is 1.88. The number of hydrogen-bond acceptors (Lipinski definition) is 3. The molecule has 0 aliphatic heterocycles. The van der Waals surface area contributed by atoms with Gasteiger partial charge in [-0.2, -0.15) is 0 Å². The Bertz CT molecular complexity index is 390. The van der Waals surface area contributed by atoms with Crippen molar-refractivity contribution in [2.75, 3.05) is 12.3 Å². The van der Waals surface area contributed by atoms with Gasteiger partial charge in [-0.05, 0) is 18.1 Å². The lowest BCUT2D eigenvalue weighted by Gasteiger charge is -1.93. The van der Waals surface area contributed by atoms with Crippen LogP contribution in [0.5, 0.6) is 0 Å². The van der Waals surface area contributed by atoms with Crippen molar-refractivity contribution in [2.45, 2.75) is 6.92 Å². The smallest absolute Gasteiger partial charge is 0.217 e. The number of nitrogens with one attached hydrogen (secondary N) is 1. The number of hydrogen-bond donors (Lipinski definition) is 2. The first-order valence-corrected chi connectivity index (χ1v) is 4.13. The Morgan fingerprint density at radius 3 is 3.14 bits per heavy atom. The number of nitrogens with zero attached hydrogens (tertiary/aromatic N) is 1. The van der Waals surface area contributed by atoms with Crippen LogP contribution in [0.1, 0.15) is 12.6 Å². The zero-order valence-corrected chi connectivity index (χ0v) is 7.87. The van der Waals surface area contributed by atoms with Crippen LogP contribution in [0.2, 0.25) is 0 Å². The predicted molar refractivity (Wildman–Crippen MR) is 54.2 cm³/mol. The molecule has 3 N–H and O–H groups in total. The number of rotatable bonds is 1. The van der Waals surface area contributed by atoms with Gasteiger partial charge in [0.2, 0.25) is 5.91 Å². The van der Waals surface area contributed by atoms with Gasteiger partial charge in [0.25, 0.3) is 0 Å². The largest absolute Gasteiger partial charge is 0.399 e. The molecule has 72 valence electrons. The van der Waals surface area contributed by atoms with E-state index in [2.05, 4.69) is 22.1 Å². The summed E-state index contributed by atoms with van der Waals surface area (Å²) in [6.07, 6.45) is 1.59. The van der Waals surface area contributed by atoms with E-state index in [4.69, 9.17) is 5.73 Å². The van der Waals surface area contributed by atoms with E-state index >= 15 is 0 Å². The van der Waals surface area contributed by atoms with Crippen molar-refractivity contribution in [1.82, 2.24) is 10.3 Å². The summed E-state index contributed by atoms with van der Waals surface area (Å²) in [5, 5.41) is 2.56. The summed E-state index contributed by atoms with van der Waals surface area (Å²) >= 11 is 0. The third-order valence-corrected chi connectivity index (χ3v) is 1.43. The van der Waals surface area contributed by atoms with Gasteiger partial charge in [-0.25, -0.2) is 4.98 Å². The van der Waals surface area contributed by atoms with Crippen LogP contribution in [-0.4, -0.2) is 17.4 Å². The van der Waals surface area contributed by atoms with Crippen molar-refractivity contribution >= 4 is 11.6 Å². The van der Waals surface area contributed by atoms with E-state index in [0.717, 1.165) is 0 Å². The molecule has 0 saturated heterocycles. The van der Waals surface area contributed by atoms with Crippen LogP contribution in [0.25, 0.3) is 0 Å². The van der Waals surface area contributed by atoms with Crippen LogP contribution in [0.15, 0.2) is 18.3 Å². The molecule has 1 aromatic heterocycles. The fourth-order valence-corrected chi connectivity index (χ4v) is 0.819. The van der Waals surface area contributed by atoms with E-state index in [-0.39, 0.29) is 5.91 Å². The number of carbonyl (C=O) groups excluding carboxylic acids is 1. The molecule has 0 fully saturated rings. The maximum atomic E-state index is 10.5. The average Bonchev–Trinajstić information content (AvgIpc) is 2.12. The summed E-state index contributed by atoms with van der Waals surface area (Å²) in [5.74, 6) is 5.45. The third-order valence-electron chi connectivity index (χ3n) is 1.43. The van der Waals surface area contributed by atoms with Crippen LogP contribution in [0.4, 0.5) is 5.69 Å². The molecule has 0 atom stereocenters. The van der Waals surface area contributed by atoms with Crippen LogP contribution in [0, 0.1) is 11.8 Å². The van der Waals surface area contributed by atoms with E-state index in [0.29, 0.717) is 17.9 Å². The third kappa shape index (κ3) is 3.59. The number of aromatic nitrogens is 1. The standard InChI is InChI=1S/C10H11N3O/c1-8(14)12-5-2-3-10-7-9(11)4-6-13-10/h4,6-7H,5H2,1H3,(H2,11,13)(H,12,14). The Labute approximate surface area is 82.5 Å². The van der Waals surface area contributed by atoms with E-state index in [9.17, 15) is 4.79 Å². The van der Waals surface area contributed by atoms with Crippen LogP contribution < -0.4 is 11.1 Å². The highest BCUT2D eigenvalue weighted by Crippen LogP contribution is 2.00. The predicted octanol–water partition coefficient (Wildman–Crippen LogP) is 0.151. The second-order valence-electron chi connectivity index (χ2n) is 2.69. The molecule has 0 radical (unpaired) electrons. The molecule has 0 unspecified atom stereocenters. The first-order valence-electron chi connectivity index (χ1n) is 4.13. The van der Waals surface area contributed by atoms with E-state index in [1.165, 1.54) is 6.92 Å². The average molecular weight is 189 g/mol. The van der Waals surface area contributed by atoms with Gasteiger partial charge in [-0.15, -0.1) is 0 Å². The fraction of sp³-hybridized carbons (Fsp3) is 0.200. The van der Waals surface area contributed by atoms with Crippen molar-refractivity contribution in [3.05, 3.63) is 24.0 Å². The normalized spacial score (nSPS) is 8.64. The molecule has 4 heteroatoms. The Kier molecular flexibility index (Phi) is 3.50. The summed E-state index contributed by atoms with van der Waals surface area (Å²) in [7, 11) is 0. The van der Waals surface area contributed by atoms with Gasteiger partial charge in [-0.1, -0.05) is 5.92 Å². The summed E-state index contributed by atoms with van der Waals surface area (Å²) in [6.45, 7) is 1.77. The van der Waals surface area contributed by atoms with Gasteiger partial charge >= 0.3 is 0 Å². The molecule has 1 aromatic rings. The molecule has 0 aliphatic rings. The molecular weight excluding hydrogens is 178 g/mol. The van der Waals surface area contributed by atoms with Gasteiger partial charge in [0, 0.05) is 18.8 Å². The monoisotopic (exact) mass is 189 g/mol. The number of carbonyl (C=O) groups is 1. The minimum absolute atomic E-state index is 0.0974. The molecule has 1 rings (SSSR count). The SMILES string of the molecule is CC(=O)NCC#Cc1cc(N)ccn1. The van der Waals surface area contributed by atoms with E-state index in [1.54, 1.807) is 18.3 Å². The molecular formula is C10H11N3O. The first-order chi connectivity index (χ1) is 6.68. The van der Waals surface area contributed by atoms with Gasteiger partial charge < -0.3 is 11.1 Å².